The van der Waals surface area contributed by atoms with Crippen LogP contribution in [0.3, 0.4) is 0 Å². The van der Waals surface area contributed by atoms with Crippen molar-refractivity contribution in [3.8, 4) is 0 Å². The van der Waals surface area contributed by atoms with E-state index < -0.39 is 13.0 Å². The van der Waals surface area contributed by atoms with Crippen molar-refractivity contribution >= 4 is 7.68 Å². The molecule has 0 rings (SSSR count). The van der Waals surface area contributed by atoms with E-state index in [1.54, 1.807) is 0 Å². The van der Waals surface area contributed by atoms with Crippen molar-refractivity contribution in [2.24, 2.45) is 0 Å². The molecule has 0 aromatic carbocycles. The van der Waals surface area contributed by atoms with Crippen molar-refractivity contribution in [3.05, 3.63) is 24.3 Å². The smallest absolute Gasteiger partial charge is 0.314 e. The Labute approximate surface area is 188 Å². The van der Waals surface area contributed by atoms with Gasteiger partial charge in [0, 0.05) is 12.8 Å². The van der Waals surface area contributed by atoms with E-state index in [0.717, 1.165) is 44.9 Å². The van der Waals surface area contributed by atoms with Gasteiger partial charge < -0.3 is 4.48 Å². The fraction of sp³-hybridized carbons (Fsp3) is 0.846. The first-order chi connectivity index (χ1) is 14.3. The van der Waals surface area contributed by atoms with Crippen LogP contribution in [0.15, 0.2) is 24.3 Å². The summed E-state index contributed by atoms with van der Waals surface area (Å²) in [5, 5.41) is -0.607. The number of nitrogens with zero attached hydrogens (tertiary/aromatic N) is 1. The quantitative estimate of drug-likeness (QED) is 0.0819. The zero-order valence-electron chi connectivity index (χ0n) is 20.8. The first kappa shape index (κ1) is 29.3. The van der Waals surface area contributed by atoms with E-state index in [2.05, 4.69) is 38.2 Å². The molecule has 0 saturated carbocycles. The Morgan fingerprint density at radius 3 is 1.40 bits per heavy atom. The summed E-state index contributed by atoms with van der Waals surface area (Å²) >= 11 is 0. The van der Waals surface area contributed by atoms with Gasteiger partial charge in [-0.3, -0.25) is 0 Å². The van der Waals surface area contributed by atoms with Crippen LogP contribution in [0, 0.1) is 0 Å². The van der Waals surface area contributed by atoms with Crippen molar-refractivity contribution in [1.82, 2.24) is 0 Å². The molecule has 0 aromatic rings. The Morgan fingerprint density at radius 2 is 1.03 bits per heavy atom. The van der Waals surface area contributed by atoms with Crippen LogP contribution in [0.5, 0.6) is 0 Å². The van der Waals surface area contributed by atoms with Gasteiger partial charge in [0.2, 0.25) is 5.28 Å². The molecule has 0 aliphatic rings. The normalized spacial score (nSPS) is 14.6. The Morgan fingerprint density at radius 1 is 0.600 bits per heavy atom. The van der Waals surface area contributed by atoms with Crippen LogP contribution < -0.4 is 0 Å². The molecule has 0 saturated heterocycles. The van der Waals surface area contributed by atoms with Gasteiger partial charge in [-0.1, -0.05) is 63.8 Å². The SMILES string of the molecule is CCCCCCC=CCCCCC=CCCCCCC(CCC)(P(=O)=O)[N+](C)(C)C. The second-order valence-corrected chi connectivity index (χ2v) is 11.0. The maximum atomic E-state index is 12.1. The number of rotatable bonds is 20. The molecule has 1 atom stereocenters. The van der Waals surface area contributed by atoms with Crippen molar-refractivity contribution < 1.29 is 13.6 Å². The lowest BCUT2D eigenvalue weighted by Gasteiger charge is -2.41. The second-order valence-electron chi connectivity index (χ2n) is 9.68. The zero-order valence-corrected chi connectivity index (χ0v) is 21.7. The van der Waals surface area contributed by atoms with Crippen LogP contribution in [0.1, 0.15) is 117 Å². The van der Waals surface area contributed by atoms with Gasteiger partial charge in [0.1, 0.15) is 0 Å². The zero-order chi connectivity index (χ0) is 22.7. The van der Waals surface area contributed by atoms with Crippen LogP contribution in [0.25, 0.3) is 0 Å². The summed E-state index contributed by atoms with van der Waals surface area (Å²) < 4.78 is 24.6. The summed E-state index contributed by atoms with van der Waals surface area (Å²) in [6, 6.07) is 0. The molecular formula is C26H51NO2P+. The topological polar surface area (TPSA) is 34.1 Å². The Kier molecular flexibility index (Phi) is 17.6. The highest BCUT2D eigenvalue weighted by Crippen LogP contribution is 2.44. The molecule has 3 nitrogen and oxygen atoms in total. The van der Waals surface area contributed by atoms with E-state index in [1.165, 1.54) is 57.8 Å². The third kappa shape index (κ3) is 12.9. The number of quaternary nitrogens is 1. The minimum absolute atomic E-state index is 0.507. The minimum atomic E-state index is -2.43. The molecule has 0 aromatic heterocycles. The summed E-state index contributed by atoms with van der Waals surface area (Å²) in [5.41, 5.74) is 0. The van der Waals surface area contributed by atoms with E-state index in [1.807, 2.05) is 21.1 Å². The molecular weight excluding hydrogens is 389 g/mol. The van der Waals surface area contributed by atoms with Crippen LogP contribution in [-0.2, 0) is 9.13 Å². The summed E-state index contributed by atoms with van der Waals surface area (Å²) in [6.45, 7) is 4.34. The molecule has 0 radical (unpaired) electrons. The lowest BCUT2D eigenvalue weighted by atomic mass is 10.00. The lowest BCUT2D eigenvalue weighted by molar-refractivity contribution is -0.908. The van der Waals surface area contributed by atoms with Gasteiger partial charge in [-0.2, -0.15) is 0 Å². The summed E-state index contributed by atoms with van der Waals surface area (Å²) in [6.07, 6.45) is 27.8. The molecule has 0 amide bonds. The van der Waals surface area contributed by atoms with E-state index in [-0.39, 0.29) is 0 Å². The predicted molar refractivity (Wildman–Crippen MR) is 133 cm³/mol. The summed E-state index contributed by atoms with van der Waals surface area (Å²) in [7, 11) is 3.63. The van der Waals surface area contributed by atoms with Crippen molar-refractivity contribution in [3.63, 3.8) is 0 Å². The highest BCUT2D eigenvalue weighted by Gasteiger charge is 2.47. The monoisotopic (exact) mass is 440 g/mol. The second kappa shape index (κ2) is 18.0. The molecule has 0 heterocycles. The van der Waals surface area contributed by atoms with Crippen LogP contribution in [0.2, 0.25) is 0 Å². The highest BCUT2D eigenvalue weighted by molar-refractivity contribution is 7.32. The van der Waals surface area contributed by atoms with Crippen molar-refractivity contribution in [2.75, 3.05) is 21.1 Å². The Balaban J connectivity index is 3.83. The number of unbranched alkanes of at least 4 members (excludes halogenated alkanes) is 10. The molecule has 30 heavy (non-hydrogen) atoms. The Bertz CT molecular complexity index is 524. The lowest BCUT2D eigenvalue weighted by Crippen LogP contribution is -2.53. The maximum absolute atomic E-state index is 12.1. The van der Waals surface area contributed by atoms with E-state index in [4.69, 9.17) is 0 Å². The van der Waals surface area contributed by atoms with Gasteiger partial charge >= 0.3 is 7.68 Å². The van der Waals surface area contributed by atoms with Crippen molar-refractivity contribution in [2.45, 2.75) is 122 Å². The van der Waals surface area contributed by atoms with E-state index >= 15 is 0 Å². The fourth-order valence-corrected chi connectivity index (χ4v) is 5.39. The average Bonchev–Trinajstić information content (AvgIpc) is 2.68. The van der Waals surface area contributed by atoms with Gasteiger partial charge in [0.15, 0.2) is 0 Å². The molecule has 0 aliphatic heterocycles. The van der Waals surface area contributed by atoms with Crippen LogP contribution >= 0.6 is 7.68 Å². The van der Waals surface area contributed by atoms with E-state index in [9.17, 15) is 9.13 Å². The van der Waals surface area contributed by atoms with Gasteiger partial charge in [0.25, 0.3) is 0 Å². The summed E-state index contributed by atoms with van der Waals surface area (Å²) in [5.74, 6) is 0. The number of allylic oxidation sites excluding steroid dienone is 4. The molecule has 0 bridgehead atoms. The largest absolute Gasteiger partial charge is 0.378 e. The van der Waals surface area contributed by atoms with Gasteiger partial charge in [-0.05, 0) is 64.2 Å². The predicted octanol–water partition coefficient (Wildman–Crippen LogP) is 8.96. The minimum Gasteiger partial charge on any atom is -0.314 e. The molecule has 0 N–H and O–H groups in total. The van der Waals surface area contributed by atoms with Crippen LogP contribution in [-0.4, -0.2) is 30.9 Å². The first-order valence-electron chi connectivity index (χ1n) is 12.6. The maximum Gasteiger partial charge on any atom is 0.378 e. The molecule has 4 heteroatoms. The van der Waals surface area contributed by atoms with E-state index in [0.29, 0.717) is 4.48 Å². The van der Waals surface area contributed by atoms with Gasteiger partial charge in [-0.15, -0.1) is 0 Å². The standard InChI is InChI=1S/C26H51NO2P/c1-6-8-9-10-11-12-13-14-15-16-17-18-19-20-21-22-23-25-26(24-7-2,30(28)29)27(3,4)5/h12-13,18-19H,6-11,14-17,20-25H2,1-5H3/q+1. The van der Waals surface area contributed by atoms with Gasteiger partial charge in [0.05, 0.1) is 21.1 Å². The fourth-order valence-electron chi connectivity index (χ4n) is 4.16. The van der Waals surface area contributed by atoms with Crippen LogP contribution in [0.4, 0.5) is 0 Å². The third-order valence-electron chi connectivity index (χ3n) is 6.24. The average molecular weight is 441 g/mol. The Hall–Kier alpha value is -0.660. The first-order valence-corrected chi connectivity index (χ1v) is 13.8. The number of hydrogen-bond donors (Lipinski definition) is 0. The summed E-state index contributed by atoms with van der Waals surface area (Å²) in [4.78, 5) is 0. The van der Waals surface area contributed by atoms with Crippen molar-refractivity contribution in [1.29, 1.82) is 0 Å². The molecule has 176 valence electrons. The molecule has 0 spiro atoms. The number of hydrogen-bond acceptors (Lipinski definition) is 2. The molecule has 0 aliphatic carbocycles. The third-order valence-corrected chi connectivity index (χ3v) is 7.96. The molecule has 0 fully saturated rings. The van der Waals surface area contributed by atoms with Gasteiger partial charge in [-0.25, -0.2) is 9.13 Å². The molecule has 1 unspecified atom stereocenters. The highest BCUT2D eigenvalue weighted by atomic mass is 31.1.